The number of nitriles is 1. The second-order valence-corrected chi connectivity index (χ2v) is 9.14. The summed E-state index contributed by atoms with van der Waals surface area (Å²) in [7, 11) is 1.67. The van der Waals surface area contributed by atoms with Crippen LogP contribution in [0.3, 0.4) is 0 Å². The Morgan fingerprint density at radius 1 is 1.12 bits per heavy atom. The molecule has 1 fully saturated rings. The number of fused-ring (bicyclic) bond motifs is 1. The molecule has 5 rings (SSSR count). The minimum absolute atomic E-state index is 0.131. The van der Waals surface area contributed by atoms with E-state index in [1.54, 1.807) is 41.1 Å². The number of benzene rings is 1. The second kappa shape index (κ2) is 11.1. The molecular formula is C30H25FN8O. The van der Waals surface area contributed by atoms with Crippen LogP contribution in [0, 0.1) is 29.5 Å². The number of terminal acetylenes is 1. The molecule has 1 aliphatic heterocycles. The second-order valence-electron chi connectivity index (χ2n) is 9.14. The van der Waals surface area contributed by atoms with Crippen molar-refractivity contribution >= 4 is 29.0 Å². The number of hydrogen-bond acceptors (Lipinski definition) is 7. The number of anilines is 1. The van der Waals surface area contributed by atoms with Crippen molar-refractivity contribution in [2.45, 2.75) is 0 Å². The molecule has 0 aliphatic carbocycles. The molecule has 1 saturated heterocycles. The quantitative estimate of drug-likeness (QED) is 0.311. The number of aliphatic imine (C=N–C) groups is 1. The van der Waals surface area contributed by atoms with Crippen molar-refractivity contribution in [2.75, 3.05) is 38.1 Å². The van der Waals surface area contributed by atoms with Crippen molar-refractivity contribution in [1.29, 1.82) is 5.26 Å². The molecule has 0 spiro atoms. The molecule has 1 amide bonds. The zero-order valence-electron chi connectivity index (χ0n) is 21.8. The predicted octanol–water partition coefficient (Wildman–Crippen LogP) is 3.35. The van der Waals surface area contributed by atoms with Crippen LogP contribution < -0.4 is 10.6 Å². The van der Waals surface area contributed by atoms with Crippen LogP contribution in [-0.4, -0.2) is 64.8 Å². The summed E-state index contributed by atoms with van der Waals surface area (Å²) in [5.41, 5.74) is 10.5. The number of pyridine rings is 2. The fourth-order valence-corrected chi connectivity index (χ4v) is 4.75. The van der Waals surface area contributed by atoms with E-state index in [-0.39, 0.29) is 17.0 Å². The molecule has 0 unspecified atom stereocenters. The average molecular weight is 533 g/mol. The fourth-order valence-electron chi connectivity index (χ4n) is 4.75. The van der Waals surface area contributed by atoms with E-state index < -0.39 is 5.82 Å². The van der Waals surface area contributed by atoms with E-state index in [9.17, 15) is 14.4 Å². The SMILES string of the molecule is C#Cc1ccc(C(=O)N2CCN(c3ccc(-c4cc(C(C=NC)=CN)cn5ncc(C#N)c45)cn3)CC2)cc1F. The van der Waals surface area contributed by atoms with E-state index in [2.05, 4.69) is 27.0 Å². The van der Waals surface area contributed by atoms with Crippen molar-refractivity contribution in [2.24, 2.45) is 10.7 Å². The highest BCUT2D eigenvalue weighted by Crippen LogP contribution is 2.31. The first-order valence-corrected chi connectivity index (χ1v) is 12.5. The van der Waals surface area contributed by atoms with Crippen LogP contribution in [0.15, 0.2) is 66.2 Å². The lowest BCUT2D eigenvalue weighted by Crippen LogP contribution is -2.49. The number of amides is 1. The van der Waals surface area contributed by atoms with E-state index in [1.807, 2.05) is 18.2 Å². The Hall–Kier alpha value is -5.48. The van der Waals surface area contributed by atoms with Gasteiger partial charge in [-0.2, -0.15) is 10.4 Å². The molecule has 1 aromatic carbocycles. The summed E-state index contributed by atoms with van der Waals surface area (Å²) in [6, 6.07) is 12.2. The summed E-state index contributed by atoms with van der Waals surface area (Å²) in [4.78, 5) is 25.4. The maximum Gasteiger partial charge on any atom is 0.254 e. The van der Waals surface area contributed by atoms with Crippen molar-refractivity contribution in [3.05, 3.63) is 89.3 Å². The van der Waals surface area contributed by atoms with Crippen molar-refractivity contribution < 1.29 is 9.18 Å². The van der Waals surface area contributed by atoms with E-state index in [4.69, 9.17) is 17.1 Å². The lowest BCUT2D eigenvalue weighted by Gasteiger charge is -2.35. The molecule has 9 nitrogen and oxygen atoms in total. The predicted molar refractivity (Wildman–Crippen MR) is 152 cm³/mol. The average Bonchev–Trinajstić information content (AvgIpc) is 3.42. The number of aromatic nitrogens is 3. The molecule has 0 saturated carbocycles. The molecular weight excluding hydrogens is 507 g/mol. The van der Waals surface area contributed by atoms with E-state index in [0.29, 0.717) is 42.8 Å². The standard InChI is InChI=1S/C30H25FN8O/c1-3-20-4-5-21(13-27(20)31)30(40)38-10-8-37(9-11-38)28-7-6-22(17-35-28)26-12-23(24(14-32)16-34-2)19-39-29(26)25(15-33)18-36-39/h1,4-7,12-14,16-19H,8-11,32H2,2H3. The van der Waals surface area contributed by atoms with Gasteiger partial charge in [0, 0.05) is 85.9 Å². The Morgan fingerprint density at radius 2 is 1.93 bits per heavy atom. The van der Waals surface area contributed by atoms with Crippen LogP contribution in [0.2, 0.25) is 0 Å². The van der Waals surface area contributed by atoms with E-state index >= 15 is 0 Å². The maximum atomic E-state index is 14.1. The van der Waals surface area contributed by atoms with Crippen LogP contribution in [0.25, 0.3) is 22.2 Å². The van der Waals surface area contributed by atoms with Crippen molar-refractivity contribution in [3.8, 4) is 29.5 Å². The first-order valence-electron chi connectivity index (χ1n) is 12.5. The molecule has 40 heavy (non-hydrogen) atoms. The van der Waals surface area contributed by atoms with Gasteiger partial charge in [-0.05, 0) is 36.4 Å². The van der Waals surface area contributed by atoms with Crippen LogP contribution in [0.1, 0.15) is 27.0 Å². The molecule has 4 aromatic rings. The monoisotopic (exact) mass is 532 g/mol. The van der Waals surface area contributed by atoms with Gasteiger partial charge < -0.3 is 15.5 Å². The van der Waals surface area contributed by atoms with Gasteiger partial charge in [0.25, 0.3) is 5.91 Å². The van der Waals surface area contributed by atoms with Gasteiger partial charge in [0.2, 0.25) is 0 Å². The Bertz CT molecular complexity index is 1730. The molecule has 198 valence electrons. The minimum Gasteiger partial charge on any atom is -0.404 e. The molecule has 0 radical (unpaired) electrons. The largest absolute Gasteiger partial charge is 0.404 e. The Balaban J connectivity index is 1.36. The van der Waals surface area contributed by atoms with Crippen LogP contribution in [-0.2, 0) is 0 Å². The highest BCUT2D eigenvalue weighted by Gasteiger charge is 2.24. The number of carbonyl (C=O) groups excluding carboxylic acids is 1. The summed E-state index contributed by atoms with van der Waals surface area (Å²) in [6.07, 6.45) is 13.5. The number of hydrogen-bond donors (Lipinski definition) is 1. The summed E-state index contributed by atoms with van der Waals surface area (Å²) >= 11 is 0. The molecule has 0 atom stereocenters. The Labute approximate surface area is 230 Å². The summed E-state index contributed by atoms with van der Waals surface area (Å²) in [5.74, 6) is 2.22. The van der Waals surface area contributed by atoms with Gasteiger partial charge in [-0.15, -0.1) is 6.42 Å². The van der Waals surface area contributed by atoms with Crippen LogP contribution in [0.5, 0.6) is 0 Å². The fraction of sp³-hybridized carbons (Fsp3) is 0.167. The zero-order chi connectivity index (χ0) is 28.2. The third-order valence-corrected chi connectivity index (χ3v) is 6.83. The van der Waals surface area contributed by atoms with Crippen LogP contribution >= 0.6 is 0 Å². The van der Waals surface area contributed by atoms with Gasteiger partial charge in [-0.1, -0.05) is 5.92 Å². The lowest BCUT2D eigenvalue weighted by molar-refractivity contribution is 0.0746. The molecule has 0 bridgehead atoms. The highest BCUT2D eigenvalue weighted by molar-refractivity contribution is 6.10. The summed E-state index contributed by atoms with van der Waals surface area (Å²) < 4.78 is 15.7. The van der Waals surface area contributed by atoms with Gasteiger partial charge >= 0.3 is 0 Å². The lowest BCUT2D eigenvalue weighted by atomic mass is 10.0. The number of carbonyl (C=O) groups is 1. The normalized spacial score (nSPS) is 13.9. The topological polar surface area (TPSA) is 116 Å². The van der Waals surface area contributed by atoms with E-state index in [0.717, 1.165) is 22.5 Å². The minimum atomic E-state index is -0.578. The molecule has 1 aliphatic rings. The molecule has 4 heterocycles. The number of nitrogens with two attached hydrogens (primary N) is 1. The third kappa shape index (κ3) is 4.86. The van der Waals surface area contributed by atoms with Gasteiger partial charge in [0.1, 0.15) is 17.7 Å². The van der Waals surface area contributed by atoms with Gasteiger partial charge in [0.15, 0.2) is 0 Å². The van der Waals surface area contributed by atoms with Crippen LogP contribution in [0.4, 0.5) is 10.2 Å². The smallest absolute Gasteiger partial charge is 0.254 e. The van der Waals surface area contributed by atoms with E-state index in [1.165, 1.54) is 24.5 Å². The molecule has 3 aromatic heterocycles. The Morgan fingerprint density at radius 3 is 2.55 bits per heavy atom. The number of piperazine rings is 1. The number of halogens is 1. The summed E-state index contributed by atoms with van der Waals surface area (Å²) in [5, 5.41) is 14.0. The Kier molecular flexibility index (Phi) is 7.25. The highest BCUT2D eigenvalue weighted by atomic mass is 19.1. The maximum absolute atomic E-state index is 14.1. The summed E-state index contributed by atoms with van der Waals surface area (Å²) in [6.45, 7) is 2.09. The van der Waals surface area contributed by atoms with Crippen molar-refractivity contribution in [3.63, 3.8) is 0 Å². The number of rotatable bonds is 5. The van der Waals surface area contributed by atoms with Gasteiger partial charge in [-0.3, -0.25) is 9.79 Å². The molecule has 10 heteroatoms. The molecule has 2 N–H and O–H groups in total. The first kappa shape index (κ1) is 26.1. The number of nitrogens with zero attached hydrogens (tertiary/aromatic N) is 7. The van der Waals surface area contributed by atoms with Gasteiger partial charge in [-0.25, -0.2) is 13.9 Å². The third-order valence-electron chi connectivity index (χ3n) is 6.83. The number of allylic oxidation sites excluding steroid dienone is 1. The van der Waals surface area contributed by atoms with Gasteiger partial charge in [0.05, 0.1) is 22.8 Å². The van der Waals surface area contributed by atoms with Crippen molar-refractivity contribution in [1.82, 2.24) is 19.5 Å². The first-order chi connectivity index (χ1) is 19.5. The zero-order valence-corrected chi connectivity index (χ0v) is 21.8.